The van der Waals surface area contributed by atoms with Crippen LogP contribution >= 0.6 is 24.0 Å². The first-order valence-corrected chi connectivity index (χ1v) is 15.7. The van der Waals surface area contributed by atoms with Gasteiger partial charge in [0.15, 0.2) is 9.84 Å². The molecule has 32 heavy (non-hydrogen) atoms. The molecule has 2 fully saturated rings. The van der Waals surface area contributed by atoms with Gasteiger partial charge in [-0.05, 0) is 74.0 Å². The van der Waals surface area contributed by atoms with E-state index < -0.39 is 15.1 Å². The summed E-state index contributed by atoms with van der Waals surface area (Å²) in [5.74, 6) is 1.34. The van der Waals surface area contributed by atoms with Crippen LogP contribution in [0.5, 0.6) is 0 Å². The number of unbranched alkanes of at least 4 members (excludes halogenated alkanes) is 6. The Morgan fingerprint density at radius 2 is 1.62 bits per heavy atom. The third kappa shape index (κ3) is 6.50. The minimum absolute atomic E-state index is 0.179. The molecule has 0 aromatic heterocycles. The molecule has 0 heterocycles. The molecule has 3 nitrogen and oxygen atoms in total. The molecule has 0 N–H and O–H groups in total. The summed E-state index contributed by atoms with van der Waals surface area (Å²) in [7, 11) is -3.47. The number of hydrogen-bond donors (Lipinski definition) is 0. The van der Waals surface area contributed by atoms with E-state index in [-0.39, 0.29) is 12.0 Å². The van der Waals surface area contributed by atoms with E-state index in [1.54, 1.807) is 12.1 Å². The van der Waals surface area contributed by atoms with E-state index in [2.05, 4.69) is 6.92 Å². The van der Waals surface area contributed by atoms with Crippen molar-refractivity contribution in [1.29, 1.82) is 0 Å². The van der Waals surface area contributed by atoms with Crippen molar-refractivity contribution >= 4 is 38.2 Å². The van der Waals surface area contributed by atoms with Crippen molar-refractivity contribution in [3.63, 3.8) is 0 Å². The van der Waals surface area contributed by atoms with E-state index in [1.165, 1.54) is 63.1 Å². The first kappa shape index (κ1) is 26.0. The Morgan fingerprint density at radius 1 is 0.969 bits per heavy atom. The lowest BCUT2D eigenvalue weighted by Gasteiger charge is -2.40. The van der Waals surface area contributed by atoms with Crippen molar-refractivity contribution in [2.75, 3.05) is 6.26 Å². The Labute approximate surface area is 205 Å². The summed E-state index contributed by atoms with van der Waals surface area (Å²) in [5, 5.41) is -0.493. The van der Waals surface area contributed by atoms with Crippen LogP contribution in [-0.4, -0.2) is 30.4 Å². The third-order valence-corrected chi connectivity index (χ3v) is 10.9. The quantitative estimate of drug-likeness (QED) is 0.235. The molecule has 0 aliphatic heterocycles. The molecule has 1 aromatic rings. The maximum absolute atomic E-state index is 13.8. The number of benzene rings is 1. The fraction of sp³-hybridized carbons (Fsp3) is 0.731. The standard InChI is InChI=1S/C26H40O3S3/c1-3-4-5-6-7-8-10-13-20-16-17-23-22(20)18-19-24(29-26(30)31-2)25(23)32(27,28)21-14-11-9-12-15-21/h9,11-12,14-15,20,22-25H,3-8,10,13,16-19H2,1-2H3/t20-,22+,23+,24+,25+/m0/s1. The minimum Gasteiger partial charge on any atom is -0.474 e. The Hall–Kier alpha value is -0.590. The Morgan fingerprint density at radius 3 is 2.31 bits per heavy atom. The van der Waals surface area contributed by atoms with E-state index in [4.69, 9.17) is 17.0 Å². The molecule has 0 saturated heterocycles. The average Bonchev–Trinajstić information content (AvgIpc) is 3.21. The maximum Gasteiger partial charge on any atom is 0.220 e. The predicted molar refractivity (Wildman–Crippen MR) is 140 cm³/mol. The van der Waals surface area contributed by atoms with Crippen molar-refractivity contribution in [3.05, 3.63) is 30.3 Å². The molecule has 2 saturated carbocycles. The molecule has 2 aliphatic rings. The van der Waals surface area contributed by atoms with Crippen molar-refractivity contribution in [2.45, 2.75) is 100 Å². The van der Waals surface area contributed by atoms with Crippen LogP contribution in [0.4, 0.5) is 0 Å². The van der Waals surface area contributed by atoms with E-state index in [1.807, 2.05) is 24.5 Å². The molecule has 2 aliphatic carbocycles. The second kappa shape index (κ2) is 12.8. The molecule has 0 radical (unpaired) electrons. The van der Waals surface area contributed by atoms with Crippen LogP contribution in [0.2, 0.25) is 0 Å². The average molecular weight is 497 g/mol. The zero-order chi connectivity index (χ0) is 23.0. The van der Waals surface area contributed by atoms with Gasteiger partial charge in [-0.15, -0.1) is 0 Å². The van der Waals surface area contributed by atoms with Gasteiger partial charge in [-0.25, -0.2) is 8.42 Å². The summed E-state index contributed by atoms with van der Waals surface area (Å²) in [6, 6.07) is 8.95. The van der Waals surface area contributed by atoms with Gasteiger partial charge in [0.05, 0.1) is 4.90 Å². The normalized spacial score (nSPS) is 27.8. The molecule has 1 aromatic carbocycles. The third-order valence-electron chi connectivity index (χ3n) is 7.62. The highest BCUT2D eigenvalue weighted by Crippen LogP contribution is 2.51. The smallest absolute Gasteiger partial charge is 0.220 e. The summed E-state index contributed by atoms with van der Waals surface area (Å²) in [5.41, 5.74) is 0. The van der Waals surface area contributed by atoms with Crippen LogP contribution in [0.3, 0.4) is 0 Å². The summed E-state index contributed by atoms with van der Waals surface area (Å²) >= 11 is 6.71. The highest BCUT2D eigenvalue weighted by molar-refractivity contribution is 8.22. The second-order valence-electron chi connectivity index (χ2n) is 9.59. The van der Waals surface area contributed by atoms with Crippen LogP contribution in [0.15, 0.2) is 35.2 Å². The lowest BCUT2D eigenvalue weighted by atomic mass is 9.75. The fourth-order valence-corrected chi connectivity index (χ4v) is 8.64. The highest BCUT2D eigenvalue weighted by Gasteiger charge is 2.52. The molecule has 0 spiro atoms. The second-order valence-corrected chi connectivity index (χ2v) is 13.1. The number of rotatable bonds is 11. The van der Waals surface area contributed by atoms with Gasteiger partial charge in [0.1, 0.15) is 11.4 Å². The molecular formula is C26H40O3S3. The minimum atomic E-state index is -3.47. The summed E-state index contributed by atoms with van der Waals surface area (Å²) in [6.45, 7) is 2.26. The number of hydrogen-bond acceptors (Lipinski definition) is 5. The van der Waals surface area contributed by atoms with E-state index >= 15 is 0 Å². The topological polar surface area (TPSA) is 43.4 Å². The van der Waals surface area contributed by atoms with Gasteiger partial charge >= 0.3 is 0 Å². The molecular weight excluding hydrogens is 456 g/mol. The lowest BCUT2D eigenvalue weighted by molar-refractivity contribution is 0.0880. The van der Waals surface area contributed by atoms with Gasteiger partial charge in [0.2, 0.25) is 4.38 Å². The lowest BCUT2D eigenvalue weighted by Crippen LogP contribution is -2.48. The Kier molecular flexibility index (Phi) is 10.4. The van der Waals surface area contributed by atoms with Gasteiger partial charge in [0, 0.05) is 0 Å². The molecule has 0 amide bonds. The van der Waals surface area contributed by atoms with Crippen LogP contribution in [0, 0.1) is 17.8 Å². The number of thioether (sulfide) groups is 1. The first-order valence-electron chi connectivity index (χ1n) is 12.5. The zero-order valence-electron chi connectivity index (χ0n) is 19.7. The van der Waals surface area contributed by atoms with Crippen LogP contribution in [-0.2, 0) is 14.6 Å². The van der Waals surface area contributed by atoms with E-state index in [0.29, 0.717) is 21.1 Å². The first-order chi connectivity index (χ1) is 15.5. The summed E-state index contributed by atoms with van der Waals surface area (Å²) in [6.07, 6.45) is 16.1. The summed E-state index contributed by atoms with van der Waals surface area (Å²) in [4.78, 5) is 0.421. The van der Waals surface area contributed by atoms with Gasteiger partial charge < -0.3 is 4.74 Å². The van der Waals surface area contributed by atoms with E-state index in [0.717, 1.165) is 25.7 Å². The molecule has 6 heteroatoms. The summed E-state index contributed by atoms with van der Waals surface area (Å²) < 4.78 is 34.1. The van der Waals surface area contributed by atoms with Crippen molar-refractivity contribution in [2.24, 2.45) is 17.8 Å². The van der Waals surface area contributed by atoms with Gasteiger partial charge in [-0.3, -0.25) is 0 Å². The number of thiocarbonyl (C=S) groups is 1. The fourth-order valence-electron chi connectivity index (χ4n) is 6.06. The molecule has 0 bridgehead atoms. The van der Waals surface area contributed by atoms with Crippen LogP contribution in [0.1, 0.15) is 84.0 Å². The van der Waals surface area contributed by atoms with Crippen LogP contribution in [0.25, 0.3) is 0 Å². The van der Waals surface area contributed by atoms with Gasteiger partial charge in [0.25, 0.3) is 0 Å². The molecule has 180 valence electrons. The monoisotopic (exact) mass is 496 g/mol. The van der Waals surface area contributed by atoms with E-state index in [9.17, 15) is 8.42 Å². The van der Waals surface area contributed by atoms with Crippen molar-refractivity contribution in [3.8, 4) is 0 Å². The molecule has 0 unspecified atom stereocenters. The number of ether oxygens (including phenoxy) is 1. The van der Waals surface area contributed by atoms with Gasteiger partial charge in [-0.2, -0.15) is 0 Å². The van der Waals surface area contributed by atoms with Crippen LogP contribution < -0.4 is 0 Å². The van der Waals surface area contributed by atoms with Crippen molar-refractivity contribution in [1.82, 2.24) is 0 Å². The molecule has 5 atom stereocenters. The Balaban J connectivity index is 1.68. The Bertz CT molecular complexity index is 809. The molecule has 3 rings (SSSR count). The largest absolute Gasteiger partial charge is 0.474 e. The van der Waals surface area contributed by atoms with Gasteiger partial charge in [-0.1, -0.05) is 88.3 Å². The highest BCUT2D eigenvalue weighted by atomic mass is 32.2. The SMILES string of the molecule is CCCCCCCCC[C@H]1CC[C@@H]2[C@@H]1CC[C@@H](OC(=S)SC)[C@@H]2S(=O)(=O)c1ccccc1. The van der Waals surface area contributed by atoms with Crippen molar-refractivity contribution < 1.29 is 13.2 Å². The maximum atomic E-state index is 13.8. The number of sulfone groups is 1. The predicted octanol–water partition coefficient (Wildman–Crippen LogP) is 7.44. The zero-order valence-corrected chi connectivity index (χ0v) is 22.2. The number of fused-ring (bicyclic) bond motifs is 1.